The summed E-state index contributed by atoms with van der Waals surface area (Å²) in [6.07, 6.45) is 5.91. The van der Waals surface area contributed by atoms with E-state index in [0.717, 1.165) is 36.2 Å². The number of aromatic amines is 2. The molecule has 6 aromatic rings. The molecule has 0 aliphatic carbocycles. The van der Waals surface area contributed by atoms with Crippen molar-refractivity contribution in [3.63, 3.8) is 0 Å². The van der Waals surface area contributed by atoms with Gasteiger partial charge in [-0.25, -0.2) is 14.4 Å². The zero-order chi connectivity index (χ0) is 27.9. The van der Waals surface area contributed by atoms with E-state index in [1.54, 1.807) is 24.0 Å². The van der Waals surface area contributed by atoms with Crippen LogP contribution in [0.2, 0.25) is 0 Å². The quantitative estimate of drug-likeness (QED) is 0.257. The van der Waals surface area contributed by atoms with E-state index in [4.69, 9.17) is 14.7 Å². The SMILES string of the molecule is Cn1cc(-c2ccc3[nH]nc(-c4nc5c(-c6cc(F)cc(OCCN7CCCC7)c6)nccc5[nH]4)c3n2)c(CO)n1. The maximum absolute atomic E-state index is 14.7. The van der Waals surface area contributed by atoms with Gasteiger partial charge in [-0.15, -0.1) is 0 Å². The molecule has 7 rings (SSSR count). The van der Waals surface area contributed by atoms with Gasteiger partial charge in [0.2, 0.25) is 0 Å². The summed E-state index contributed by atoms with van der Waals surface area (Å²) in [5.74, 6) is 0.555. The third kappa shape index (κ3) is 4.81. The number of hydrogen-bond donors (Lipinski definition) is 3. The summed E-state index contributed by atoms with van der Waals surface area (Å²) in [5, 5.41) is 21.6. The normalized spacial score (nSPS) is 14.0. The fourth-order valence-corrected chi connectivity index (χ4v) is 5.42. The number of benzene rings is 1. The first-order chi connectivity index (χ1) is 20.1. The van der Waals surface area contributed by atoms with E-state index in [9.17, 15) is 9.50 Å². The Morgan fingerprint density at radius 1 is 1.02 bits per heavy atom. The van der Waals surface area contributed by atoms with Crippen molar-refractivity contribution in [1.29, 1.82) is 0 Å². The highest BCUT2D eigenvalue weighted by Crippen LogP contribution is 2.33. The van der Waals surface area contributed by atoms with Crippen LogP contribution < -0.4 is 4.74 Å². The van der Waals surface area contributed by atoms with Gasteiger partial charge in [0.1, 0.15) is 29.2 Å². The lowest BCUT2D eigenvalue weighted by Gasteiger charge is -2.15. The molecule has 41 heavy (non-hydrogen) atoms. The van der Waals surface area contributed by atoms with Gasteiger partial charge in [0.05, 0.1) is 34.7 Å². The Balaban J connectivity index is 1.23. The van der Waals surface area contributed by atoms with E-state index in [2.05, 4.69) is 30.2 Å². The van der Waals surface area contributed by atoms with E-state index < -0.39 is 5.82 Å². The Kier molecular flexibility index (Phi) is 6.40. The van der Waals surface area contributed by atoms with Crippen molar-refractivity contribution in [2.45, 2.75) is 19.4 Å². The summed E-state index contributed by atoms with van der Waals surface area (Å²) in [4.78, 5) is 19.9. The molecule has 0 amide bonds. The summed E-state index contributed by atoms with van der Waals surface area (Å²) >= 11 is 0. The first kappa shape index (κ1) is 25.3. The number of rotatable bonds is 8. The topological polar surface area (TPSA) is 134 Å². The Morgan fingerprint density at radius 2 is 1.88 bits per heavy atom. The summed E-state index contributed by atoms with van der Waals surface area (Å²) in [7, 11) is 1.80. The molecule has 208 valence electrons. The molecule has 5 aromatic heterocycles. The fraction of sp³-hybridized carbons (Fsp3) is 0.276. The van der Waals surface area contributed by atoms with Crippen LogP contribution in [0.15, 0.2) is 48.8 Å². The number of halogens is 1. The molecule has 0 saturated carbocycles. The fourth-order valence-electron chi connectivity index (χ4n) is 5.42. The van der Waals surface area contributed by atoms with E-state index in [0.29, 0.717) is 57.6 Å². The van der Waals surface area contributed by atoms with E-state index in [1.165, 1.54) is 25.0 Å². The number of nitrogens with one attached hydrogen (secondary N) is 2. The van der Waals surface area contributed by atoms with Gasteiger partial charge in [-0.1, -0.05) is 0 Å². The third-order valence-electron chi connectivity index (χ3n) is 7.38. The minimum Gasteiger partial charge on any atom is -0.492 e. The van der Waals surface area contributed by atoms with Crippen molar-refractivity contribution in [2.24, 2.45) is 7.05 Å². The average Bonchev–Trinajstić information content (AvgIpc) is 3.77. The monoisotopic (exact) mass is 553 g/mol. The molecule has 1 fully saturated rings. The predicted octanol–water partition coefficient (Wildman–Crippen LogP) is 4.07. The molecule has 11 nitrogen and oxygen atoms in total. The summed E-state index contributed by atoms with van der Waals surface area (Å²) in [6, 6.07) is 10.2. The molecule has 0 unspecified atom stereocenters. The van der Waals surface area contributed by atoms with Crippen molar-refractivity contribution >= 4 is 22.1 Å². The van der Waals surface area contributed by atoms with Crippen LogP contribution in [0.4, 0.5) is 4.39 Å². The molecular weight excluding hydrogens is 525 g/mol. The standard InChI is InChI=1S/C29H28FN9O2/c1-38-15-20(24(16-40)37-38)21-4-5-23-27(32-21)28(36-35-23)29-33-22-6-7-31-25(26(22)34-29)17-12-18(30)14-19(13-17)41-11-10-39-8-2-3-9-39/h4-7,12-15,40H,2-3,8-11,16H2,1H3,(H,33,34)(H,35,36). The van der Waals surface area contributed by atoms with Gasteiger partial charge in [0.25, 0.3) is 0 Å². The van der Waals surface area contributed by atoms with Crippen LogP contribution in [0.3, 0.4) is 0 Å². The zero-order valence-corrected chi connectivity index (χ0v) is 22.4. The molecule has 0 bridgehead atoms. The van der Waals surface area contributed by atoms with Crippen molar-refractivity contribution in [2.75, 3.05) is 26.2 Å². The second kappa shape index (κ2) is 10.4. The van der Waals surface area contributed by atoms with E-state index >= 15 is 0 Å². The van der Waals surface area contributed by atoms with Gasteiger partial charge >= 0.3 is 0 Å². The van der Waals surface area contributed by atoms with Crippen molar-refractivity contribution in [1.82, 2.24) is 44.8 Å². The van der Waals surface area contributed by atoms with Crippen LogP contribution in [0, 0.1) is 5.82 Å². The number of pyridine rings is 2. The lowest BCUT2D eigenvalue weighted by molar-refractivity contribution is 0.237. The predicted molar refractivity (Wildman–Crippen MR) is 151 cm³/mol. The zero-order valence-electron chi connectivity index (χ0n) is 22.4. The number of aromatic nitrogens is 8. The van der Waals surface area contributed by atoms with Crippen LogP contribution in [0.1, 0.15) is 18.5 Å². The number of aliphatic hydroxyl groups excluding tert-OH is 1. The largest absolute Gasteiger partial charge is 0.492 e. The highest BCUT2D eigenvalue weighted by atomic mass is 19.1. The molecule has 0 atom stereocenters. The Morgan fingerprint density at radius 3 is 2.73 bits per heavy atom. The van der Waals surface area contributed by atoms with Gasteiger partial charge in [-0.3, -0.25) is 19.7 Å². The number of aliphatic hydroxyl groups is 1. The molecule has 0 spiro atoms. The molecule has 1 aliphatic heterocycles. The highest BCUT2D eigenvalue weighted by molar-refractivity contribution is 5.95. The van der Waals surface area contributed by atoms with Crippen LogP contribution in [0.5, 0.6) is 5.75 Å². The highest BCUT2D eigenvalue weighted by Gasteiger charge is 2.19. The number of aryl methyl sites for hydroxylation is 1. The number of fused-ring (bicyclic) bond motifs is 2. The first-order valence-corrected chi connectivity index (χ1v) is 13.6. The second-order valence-electron chi connectivity index (χ2n) is 10.2. The third-order valence-corrected chi connectivity index (χ3v) is 7.38. The molecular formula is C29H28FN9O2. The molecule has 1 saturated heterocycles. The van der Waals surface area contributed by atoms with Crippen molar-refractivity contribution in [3.05, 3.63) is 60.3 Å². The molecule has 1 aromatic carbocycles. The Labute approximate surface area is 234 Å². The van der Waals surface area contributed by atoms with E-state index in [1.807, 2.05) is 24.4 Å². The lowest BCUT2D eigenvalue weighted by Crippen LogP contribution is -2.25. The Bertz CT molecular complexity index is 1870. The molecule has 1 aliphatic rings. The Hall–Kier alpha value is -4.68. The average molecular weight is 554 g/mol. The summed E-state index contributed by atoms with van der Waals surface area (Å²) < 4.78 is 22.3. The molecule has 3 N–H and O–H groups in total. The number of likely N-dealkylation sites (tertiary alicyclic amines) is 1. The van der Waals surface area contributed by atoms with Crippen molar-refractivity contribution < 1.29 is 14.2 Å². The van der Waals surface area contributed by atoms with Gasteiger partial charge in [-0.2, -0.15) is 10.2 Å². The minimum absolute atomic E-state index is 0.196. The van der Waals surface area contributed by atoms with Crippen molar-refractivity contribution in [3.8, 4) is 39.8 Å². The van der Waals surface area contributed by atoms with E-state index in [-0.39, 0.29) is 6.61 Å². The van der Waals surface area contributed by atoms with Crippen LogP contribution >= 0.6 is 0 Å². The number of hydrogen-bond acceptors (Lipinski definition) is 8. The van der Waals surface area contributed by atoms with Crippen LogP contribution in [-0.4, -0.2) is 76.2 Å². The van der Waals surface area contributed by atoms with Gasteiger partial charge < -0.3 is 14.8 Å². The molecule has 12 heteroatoms. The minimum atomic E-state index is -0.402. The van der Waals surface area contributed by atoms with Crippen LogP contribution in [-0.2, 0) is 13.7 Å². The number of nitrogens with zero attached hydrogens (tertiary/aromatic N) is 7. The van der Waals surface area contributed by atoms with Gasteiger partial charge in [0.15, 0.2) is 11.5 Å². The van der Waals surface area contributed by atoms with Gasteiger partial charge in [0, 0.05) is 43.2 Å². The maximum Gasteiger partial charge on any atom is 0.161 e. The number of ether oxygens (including phenoxy) is 1. The number of H-pyrrole nitrogens is 2. The lowest BCUT2D eigenvalue weighted by atomic mass is 10.1. The molecule has 0 radical (unpaired) electrons. The van der Waals surface area contributed by atoms with Gasteiger partial charge in [-0.05, 0) is 56.3 Å². The summed E-state index contributed by atoms with van der Waals surface area (Å²) in [5.41, 5.74) is 6.24. The molecule has 6 heterocycles. The second-order valence-corrected chi connectivity index (χ2v) is 10.2. The first-order valence-electron chi connectivity index (χ1n) is 13.6. The number of imidazole rings is 1. The smallest absolute Gasteiger partial charge is 0.161 e. The summed E-state index contributed by atoms with van der Waals surface area (Å²) in [6.45, 7) is 3.28. The van der Waals surface area contributed by atoms with Crippen LogP contribution in [0.25, 0.3) is 56.1 Å². The maximum atomic E-state index is 14.7.